The molecule has 0 radical (unpaired) electrons. The molecule has 0 atom stereocenters. The average molecular weight is 221 g/mol. The second-order valence-electron chi connectivity index (χ2n) is 4.79. The maximum absolute atomic E-state index is 5.99. The van der Waals surface area contributed by atoms with Crippen molar-refractivity contribution in [2.45, 2.75) is 44.9 Å². The number of nitrogens with zero attached hydrogens (tertiary/aromatic N) is 2. The molecule has 1 saturated heterocycles. The van der Waals surface area contributed by atoms with E-state index >= 15 is 0 Å². The Morgan fingerprint density at radius 3 is 2.75 bits per heavy atom. The van der Waals surface area contributed by atoms with Crippen molar-refractivity contribution in [3.05, 3.63) is 11.6 Å². The molecule has 0 amide bonds. The van der Waals surface area contributed by atoms with Gasteiger partial charge in [-0.15, -0.1) is 0 Å². The molecule has 0 saturated carbocycles. The Hall–Kier alpha value is -0.990. The summed E-state index contributed by atoms with van der Waals surface area (Å²) < 4.78 is 0. The number of guanidine groups is 1. The number of hydrogen-bond acceptors (Lipinski definition) is 1. The van der Waals surface area contributed by atoms with Crippen LogP contribution in [0.2, 0.25) is 0 Å². The van der Waals surface area contributed by atoms with Crippen molar-refractivity contribution in [1.82, 2.24) is 4.90 Å². The lowest BCUT2D eigenvalue weighted by Gasteiger charge is -2.27. The van der Waals surface area contributed by atoms with Crippen LogP contribution >= 0.6 is 0 Å². The van der Waals surface area contributed by atoms with E-state index in [0.717, 1.165) is 32.0 Å². The molecule has 0 unspecified atom stereocenters. The van der Waals surface area contributed by atoms with Crippen LogP contribution < -0.4 is 5.73 Å². The number of rotatable bonds is 3. The topological polar surface area (TPSA) is 41.6 Å². The van der Waals surface area contributed by atoms with Crippen LogP contribution in [0.1, 0.15) is 44.9 Å². The van der Waals surface area contributed by atoms with Gasteiger partial charge in [0.15, 0.2) is 5.96 Å². The van der Waals surface area contributed by atoms with Gasteiger partial charge in [-0.1, -0.05) is 11.6 Å². The van der Waals surface area contributed by atoms with Crippen LogP contribution in [0.15, 0.2) is 16.6 Å². The van der Waals surface area contributed by atoms with E-state index in [4.69, 9.17) is 5.73 Å². The molecule has 0 spiro atoms. The molecule has 3 heteroatoms. The molecule has 0 aromatic carbocycles. The smallest absolute Gasteiger partial charge is 0.191 e. The van der Waals surface area contributed by atoms with Crippen molar-refractivity contribution in [2.24, 2.45) is 10.7 Å². The quantitative estimate of drug-likeness (QED) is 0.451. The van der Waals surface area contributed by atoms with Gasteiger partial charge in [-0.3, -0.25) is 4.99 Å². The molecule has 2 aliphatic rings. The SMILES string of the molecule is NC(=NCCC1=CCCC1)N1CCCCC1. The highest BCUT2D eigenvalue weighted by atomic mass is 15.2. The third kappa shape index (κ3) is 3.26. The van der Waals surface area contributed by atoms with Crippen LogP contribution in [0.4, 0.5) is 0 Å². The van der Waals surface area contributed by atoms with Gasteiger partial charge in [-0.05, 0) is 44.9 Å². The monoisotopic (exact) mass is 221 g/mol. The Balaban J connectivity index is 1.72. The fourth-order valence-electron chi connectivity index (χ4n) is 2.50. The Morgan fingerprint density at radius 2 is 2.06 bits per heavy atom. The molecular formula is C13H23N3. The van der Waals surface area contributed by atoms with E-state index < -0.39 is 0 Å². The summed E-state index contributed by atoms with van der Waals surface area (Å²) in [5.74, 6) is 0.762. The third-order valence-corrected chi connectivity index (χ3v) is 3.52. The van der Waals surface area contributed by atoms with Gasteiger partial charge in [0.05, 0.1) is 0 Å². The number of aliphatic imine (C=N–C) groups is 1. The van der Waals surface area contributed by atoms with E-state index in [2.05, 4.69) is 16.0 Å². The minimum absolute atomic E-state index is 0.762. The van der Waals surface area contributed by atoms with Crippen molar-refractivity contribution < 1.29 is 0 Å². The lowest BCUT2D eigenvalue weighted by atomic mass is 10.1. The molecule has 1 fully saturated rings. The summed E-state index contributed by atoms with van der Waals surface area (Å²) in [5.41, 5.74) is 7.57. The van der Waals surface area contributed by atoms with Crippen LogP contribution in [-0.4, -0.2) is 30.5 Å². The highest BCUT2D eigenvalue weighted by Gasteiger charge is 2.11. The maximum Gasteiger partial charge on any atom is 0.191 e. The van der Waals surface area contributed by atoms with Crippen LogP contribution in [0.3, 0.4) is 0 Å². The first-order chi connectivity index (χ1) is 7.86. The van der Waals surface area contributed by atoms with E-state index in [1.54, 1.807) is 5.57 Å². The molecule has 1 aliphatic heterocycles. The first-order valence-electron chi connectivity index (χ1n) is 6.59. The first-order valence-corrected chi connectivity index (χ1v) is 6.59. The molecule has 2 N–H and O–H groups in total. The van der Waals surface area contributed by atoms with Crippen molar-refractivity contribution in [2.75, 3.05) is 19.6 Å². The summed E-state index contributed by atoms with van der Waals surface area (Å²) in [4.78, 5) is 6.72. The molecule has 3 nitrogen and oxygen atoms in total. The van der Waals surface area contributed by atoms with E-state index in [9.17, 15) is 0 Å². The van der Waals surface area contributed by atoms with Gasteiger partial charge in [-0.2, -0.15) is 0 Å². The van der Waals surface area contributed by atoms with Crippen molar-refractivity contribution in [3.63, 3.8) is 0 Å². The minimum Gasteiger partial charge on any atom is -0.370 e. The summed E-state index contributed by atoms with van der Waals surface area (Å²) in [5, 5.41) is 0. The Morgan fingerprint density at radius 1 is 1.25 bits per heavy atom. The zero-order chi connectivity index (χ0) is 11.2. The van der Waals surface area contributed by atoms with Crippen LogP contribution in [-0.2, 0) is 0 Å². The zero-order valence-corrected chi connectivity index (χ0v) is 10.1. The highest BCUT2D eigenvalue weighted by molar-refractivity contribution is 5.78. The summed E-state index contributed by atoms with van der Waals surface area (Å²) in [6, 6.07) is 0. The number of nitrogens with two attached hydrogens (primary N) is 1. The fourth-order valence-corrected chi connectivity index (χ4v) is 2.50. The molecular weight excluding hydrogens is 198 g/mol. The summed E-state index contributed by atoms with van der Waals surface area (Å²) in [6.45, 7) is 3.06. The Bertz CT molecular complexity index is 275. The van der Waals surface area contributed by atoms with Crippen molar-refractivity contribution >= 4 is 5.96 Å². The normalized spacial score (nSPS) is 22.4. The summed E-state index contributed by atoms with van der Waals surface area (Å²) in [6.07, 6.45) is 11.2. The van der Waals surface area contributed by atoms with Crippen molar-refractivity contribution in [1.29, 1.82) is 0 Å². The number of hydrogen-bond donors (Lipinski definition) is 1. The summed E-state index contributed by atoms with van der Waals surface area (Å²) in [7, 11) is 0. The van der Waals surface area contributed by atoms with E-state index in [-0.39, 0.29) is 0 Å². The Kier molecular flexibility index (Phi) is 4.25. The second kappa shape index (κ2) is 5.92. The average Bonchev–Trinajstić information content (AvgIpc) is 2.83. The van der Waals surface area contributed by atoms with Gasteiger partial charge < -0.3 is 10.6 Å². The lowest BCUT2D eigenvalue weighted by molar-refractivity contribution is 0.338. The van der Waals surface area contributed by atoms with Crippen LogP contribution in [0, 0.1) is 0 Å². The third-order valence-electron chi connectivity index (χ3n) is 3.52. The van der Waals surface area contributed by atoms with Gasteiger partial charge >= 0.3 is 0 Å². The number of piperidine rings is 1. The Labute approximate surface area is 98.4 Å². The fraction of sp³-hybridized carbons (Fsp3) is 0.769. The van der Waals surface area contributed by atoms with Gasteiger partial charge in [0.25, 0.3) is 0 Å². The first kappa shape index (κ1) is 11.5. The van der Waals surface area contributed by atoms with Gasteiger partial charge in [0, 0.05) is 19.6 Å². The van der Waals surface area contributed by atoms with Gasteiger partial charge in [-0.25, -0.2) is 0 Å². The van der Waals surface area contributed by atoms with Crippen LogP contribution in [0.25, 0.3) is 0 Å². The predicted octanol–water partition coefficient (Wildman–Crippen LogP) is 2.29. The summed E-state index contributed by atoms with van der Waals surface area (Å²) >= 11 is 0. The molecule has 90 valence electrons. The van der Waals surface area contributed by atoms with E-state index in [1.165, 1.54) is 38.5 Å². The molecule has 2 rings (SSSR count). The van der Waals surface area contributed by atoms with Crippen molar-refractivity contribution in [3.8, 4) is 0 Å². The van der Waals surface area contributed by atoms with E-state index in [0.29, 0.717) is 0 Å². The molecule has 0 bridgehead atoms. The van der Waals surface area contributed by atoms with E-state index in [1.807, 2.05) is 0 Å². The largest absolute Gasteiger partial charge is 0.370 e. The highest BCUT2D eigenvalue weighted by Crippen LogP contribution is 2.20. The number of allylic oxidation sites excluding steroid dienone is 1. The molecule has 1 heterocycles. The standard InChI is InChI=1S/C13H23N3/c14-13(16-10-4-1-5-11-16)15-9-8-12-6-2-3-7-12/h6H,1-5,7-11H2,(H2,14,15). The zero-order valence-electron chi connectivity index (χ0n) is 10.1. The maximum atomic E-state index is 5.99. The minimum atomic E-state index is 0.762. The molecule has 0 aromatic heterocycles. The molecule has 0 aromatic rings. The van der Waals surface area contributed by atoms with Gasteiger partial charge in [0.1, 0.15) is 0 Å². The number of likely N-dealkylation sites (tertiary alicyclic amines) is 1. The molecule has 16 heavy (non-hydrogen) atoms. The predicted molar refractivity (Wildman–Crippen MR) is 68.5 cm³/mol. The lowest BCUT2D eigenvalue weighted by Crippen LogP contribution is -2.40. The second-order valence-corrected chi connectivity index (χ2v) is 4.79. The molecule has 1 aliphatic carbocycles. The van der Waals surface area contributed by atoms with Crippen LogP contribution in [0.5, 0.6) is 0 Å². The van der Waals surface area contributed by atoms with Gasteiger partial charge in [0.2, 0.25) is 0 Å².